The SMILES string of the molecule is Cc1cccc(OCC(=O)NCCNc2ccc(Nc3cccnc3)nn2)c1. The Labute approximate surface area is 163 Å². The first-order chi connectivity index (χ1) is 13.7. The third kappa shape index (κ3) is 6.24. The van der Waals surface area contributed by atoms with Crippen LogP contribution in [0.15, 0.2) is 60.9 Å². The fraction of sp³-hybridized carbons (Fsp3) is 0.200. The van der Waals surface area contributed by atoms with Crippen molar-refractivity contribution in [1.82, 2.24) is 20.5 Å². The number of benzene rings is 1. The van der Waals surface area contributed by atoms with Gasteiger partial charge in [0.05, 0.1) is 11.9 Å². The maximum atomic E-state index is 11.8. The molecule has 0 fully saturated rings. The Balaban J connectivity index is 1.34. The number of rotatable bonds is 9. The minimum Gasteiger partial charge on any atom is -0.484 e. The van der Waals surface area contributed by atoms with E-state index in [-0.39, 0.29) is 12.5 Å². The monoisotopic (exact) mass is 378 g/mol. The summed E-state index contributed by atoms with van der Waals surface area (Å²) < 4.78 is 5.46. The van der Waals surface area contributed by atoms with Gasteiger partial charge in [-0.1, -0.05) is 12.1 Å². The molecule has 0 bridgehead atoms. The van der Waals surface area contributed by atoms with Crippen molar-refractivity contribution in [2.75, 3.05) is 30.3 Å². The van der Waals surface area contributed by atoms with E-state index in [9.17, 15) is 4.79 Å². The van der Waals surface area contributed by atoms with Gasteiger partial charge in [0.1, 0.15) is 11.6 Å². The molecule has 0 aliphatic rings. The van der Waals surface area contributed by atoms with Crippen LogP contribution in [0.25, 0.3) is 0 Å². The Morgan fingerprint density at radius 2 is 1.89 bits per heavy atom. The van der Waals surface area contributed by atoms with Crippen molar-refractivity contribution in [2.45, 2.75) is 6.92 Å². The van der Waals surface area contributed by atoms with Crippen LogP contribution in [0.2, 0.25) is 0 Å². The summed E-state index contributed by atoms with van der Waals surface area (Å²) in [7, 11) is 0. The Morgan fingerprint density at radius 3 is 2.64 bits per heavy atom. The molecule has 3 N–H and O–H groups in total. The highest BCUT2D eigenvalue weighted by atomic mass is 16.5. The lowest BCUT2D eigenvalue weighted by Crippen LogP contribution is -2.32. The van der Waals surface area contributed by atoms with Gasteiger partial charge < -0.3 is 20.7 Å². The zero-order valence-corrected chi connectivity index (χ0v) is 15.6. The van der Waals surface area contributed by atoms with Gasteiger partial charge in [-0.25, -0.2) is 0 Å². The van der Waals surface area contributed by atoms with Crippen molar-refractivity contribution >= 4 is 23.2 Å². The summed E-state index contributed by atoms with van der Waals surface area (Å²) in [6.07, 6.45) is 3.41. The number of aromatic nitrogens is 3. The molecular weight excluding hydrogens is 356 g/mol. The van der Waals surface area contributed by atoms with Crippen molar-refractivity contribution in [2.24, 2.45) is 0 Å². The van der Waals surface area contributed by atoms with Gasteiger partial charge in [-0.05, 0) is 48.9 Å². The van der Waals surface area contributed by atoms with Crippen LogP contribution in [0.3, 0.4) is 0 Å². The number of carbonyl (C=O) groups is 1. The van der Waals surface area contributed by atoms with Gasteiger partial charge in [0.15, 0.2) is 12.4 Å². The number of carbonyl (C=O) groups excluding carboxylic acids is 1. The van der Waals surface area contributed by atoms with E-state index in [1.54, 1.807) is 12.4 Å². The molecule has 2 aromatic heterocycles. The van der Waals surface area contributed by atoms with E-state index >= 15 is 0 Å². The van der Waals surface area contributed by atoms with E-state index in [1.165, 1.54) is 0 Å². The summed E-state index contributed by atoms with van der Waals surface area (Å²) >= 11 is 0. The molecule has 0 saturated carbocycles. The van der Waals surface area contributed by atoms with Crippen LogP contribution in [-0.2, 0) is 4.79 Å². The number of pyridine rings is 1. The average Bonchev–Trinajstić information content (AvgIpc) is 2.72. The number of ether oxygens (including phenoxy) is 1. The highest BCUT2D eigenvalue weighted by Crippen LogP contribution is 2.13. The molecule has 28 heavy (non-hydrogen) atoms. The van der Waals surface area contributed by atoms with Crippen LogP contribution in [0.4, 0.5) is 17.3 Å². The molecule has 144 valence electrons. The van der Waals surface area contributed by atoms with Crippen molar-refractivity contribution in [1.29, 1.82) is 0 Å². The summed E-state index contributed by atoms with van der Waals surface area (Å²) in [6.45, 7) is 2.94. The van der Waals surface area contributed by atoms with Gasteiger partial charge in [-0.2, -0.15) is 0 Å². The number of amides is 1. The number of hydrogen-bond donors (Lipinski definition) is 3. The van der Waals surface area contributed by atoms with Crippen molar-refractivity contribution < 1.29 is 9.53 Å². The zero-order chi connectivity index (χ0) is 19.6. The normalized spacial score (nSPS) is 10.2. The number of hydrogen-bond acceptors (Lipinski definition) is 7. The van der Waals surface area contributed by atoms with E-state index in [2.05, 4.69) is 31.1 Å². The van der Waals surface area contributed by atoms with Crippen LogP contribution >= 0.6 is 0 Å². The Bertz CT molecular complexity index is 887. The average molecular weight is 378 g/mol. The van der Waals surface area contributed by atoms with E-state index in [4.69, 9.17) is 4.74 Å². The minimum atomic E-state index is -0.176. The van der Waals surface area contributed by atoms with Crippen molar-refractivity contribution in [3.8, 4) is 5.75 Å². The maximum absolute atomic E-state index is 11.8. The highest BCUT2D eigenvalue weighted by molar-refractivity contribution is 5.77. The summed E-state index contributed by atoms with van der Waals surface area (Å²) in [5.41, 5.74) is 1.93. The molecule has 0 unspecified atom stereocenters. The fourth-order valence-electron chi connectivity index (χ4n) is 2.38. The topological polar surface area (TPSA) is 101 Å². The van der Waals surface area contributed by atoms with E-state index in [1.807, 2.05) is 55.5 Å². The van der Waals surface area contributed by atoms with Gasteiger partial charge in [0.25, 0.3) is 5.91 Å². The van der Waals surface area contributed by atoms with Gasteiger partial charge in [-0.15, -0.1) is 10.2 Å². The largest absolute Gasteiger partial charge is 0.484 e. The standard InChI is InChI=1S/C20H22N6O2/c1-15-4-2-6-17(12-15)28-14-20(27)23-11-10-22-18-7-8-19(26-25-18)24-16-5-3-9-21-13-16/h2-9,12-13H,10-11,14H2,1H3,(H,22,25)(H,23,27)(H,24,26). The molecule has 3 aromatic rings. The number of anilines is 3. The molecular formula is C20H22N6O2. The molecule has 1 aromatic carbocycles. The van der Waals surface area contributed by atoms with Gasteiger partial charge in [-0.3, -0.25) is 9.78 Å². The fourth-order valence-corrected chi connectivity index (χ4v) is 2.38. The Kier molecular flexibility index (Phi) is 6.73. The predicted molar refractivity (Wildman–Crippen MR) is 108 cm³/mol. The molecule has 0 radical (unpaired) electrons. The van der Waals surface area contributed by atoms with Gasteiger partial charge in [0.2, 0.25) is 0 Å². The maximum Gasteiger partial charge on any atom is 0.258 e. The smallest absolute Gasteiger partial charge is 0.258 e. The molecule has 8 nitrogen and oxygen atoms in total. The first-order valence-corrected chi connectivity index (χ1v) is 8.90. The van der Waals surface area contributed by atoms with Gasteiger partial charge >= 0.3 is 0 Å². The molecule has 1 amide bonds. The number of nitrogens with zero attached hydrogens (tertiary/aromatic N) is 3. The van der Waals surface area contributed by atoms with Crippen LogP contribution in [0, 0.1) is 6.92 Å². The minimum absolute atomic E-state index is 0.0159. The van der Waals surface area contributed by atoms with Crippen molar-refractivity contribution in [3.05, 3.63) is 66.5 Å². The second-order valence-corrected chi connectivity index (χ2v) is 6.05. The number of nitrogens with one attached hydrogen (secondary N) is 3. The van der Waals surface area contributed by atoms with Gasteiger partial charge in [0, 0.05) is 19.3 Å². The lowest BCUT2D eigenvalue weighted by Gasteiger charge is -2.09. The molecule has 8 heteroatoms. The van der Waals surface area contributed by atoms with Crippen LogP contribution in [0.5, 0.6) is 5.75 Å². The lowest BCUT2D eigenvalue weighted by atomic mass is 10.2. The molecule has 0 saturated heterocycles. The number of aryl methyl sites for hydroxylation is 1. The third-order valence-electron chi connectivity index (χ3n) is 3.71. The first-order valence-electron chi connectivity index (χ1n) is 8.90. The second kappa shape index (κ2) is 9.86. The van der Waals surface area contributed by atoms with E-state index in [0.717, 1.165) is 11.3 Å². The molecule has 0 aliphatic heterocycles. The summed E-state index contributed by atoms with van der Waals surface area (Å²) in [6, 6.07) is 14.9. The van der Waals surface area contributed by atoms with Crippen LogP contribution in [0.1, 0.15) is 5.56 Å². The quantitative estimate of drug-likeness (QED) is 0.492. The molecule has 2 heterocycles. The molecule has 3 rings (SSSR count). The predicted octanol–water partition coefficient (Wildman–Crippen LogP) is 2.53. The van der Waals surface area contributed by atoms with E-state index in [0.29, 0.717) is 30.5 Å². The molecule has 0 spiro atoms. The Morgan fingerprint density at radius 1 is 1.04 bits per heavy atom. The first kappa shape index (κ1) is 19.1. The zero-order valence-electron chi connectivity index (χ0n) is 15.6. The van der Waals surface area contributed by atoms with Crippen LogP contribution < -0.4 is 20.7 Å². The summed E-state index contributed by atoms with van der Waals surface area (Å²) in [5, 5.41) is 17.2. The lowest BCUT2D eigenvalue weighted by molar-refractivity contribution is -0.123. The third-order valence-corrected chi connectivity index (χ3v) is 3.71. The van der Waals surface area contributed by atoms with Crippen molar-refractivity contribution in [3.63, 3.8) is 0 Å². The Hall–Kier alpha value is -3.68. The highest BCUT2D eigenvalue weighted by Gasteiger charge is 2.03. The molecule has 0 aliphatic carbocycles. The second-order valence-electron chi connectivity index (χ2n) is 6.05. The summed E-state index contributed by atoms with van der Waals surface area (Å²) in [5.74, 6) is 1.76. The summed E-state index contributed by atoms with van der Waals surface area (Å²) in [4.78, 5) is 15.9. The van der Waals surface area contributed by atoms with E-state index < -0.39 is 0 Å². The molecule has 0 atom stereocenters. The van der Waals surface area contributed by atoms with Crippen LogP contribution in [-0.4, -0.2) is 40.8 Å².